The summed E-state index contributed by atoms with van der Waals surface area (Å²) in [4.78, 5) is 4.27. The Kier molecular flexibility index (Phi) is 7.58. The van der Waals surface area contributed by atoms with E-state index in [1.807, 2.05) is 12.1 Å². The van der Waals surface area contributed by atoms with Crippen LogP contribution in [0.1, 0.15) is 29.4 Å². The Labute approximate surface area is 146 Å². The quantitative estimate of drug-likeness (QED) is 0.445. The maximum Gasteiger partial charge on any atom is 0.193 e. The summed E-state index contributed by atoms with van der Waals surface area (Å²) in [6.07, 6.45) is 1.93. The predicted octanol–water partition coefficient (Wildman–Crippen LogP) is 3.21. The van der Waals surface area contributed by atoms with Crippen molar-refractivity contribution < 1.29 is 0 Å². The summed E-state index contributed by atoms with van der Waals surface area (Å²) in [6.45, 7) is 4.65. The van der Waals surface area contributed by atoms with Crippen molar-refractivity contribution in [1.29, 1.82) is 0 Å². The van der Waals surface area contributed by atoms with E-state index in [0.717, 1.165) is 28.5 Å². The molecule has 2 rings (SSSR count). The van der Waals surface area contributed by atoms with Gasteiger partial charge in [-0.1, -0.05) is 37.3 Å². The fourth-order valence-corrected chi connectivity index (χ4v) is 2.37. The monoisotopic (exact) mass is 417 g/mol. The molecule has 0 saturated carbocycles. The Bertz CT molecular complexity index is 579. The number of hydrogen-bond donors (Lipinski definition) is 2. The van der Waals surface area contributed by atoms with Gasteiger partial charge >= 0.3 is 0 Å². The maximum atomic E-state index is 5.86. The summed E-state index contributed by atoms with van der Waals surface area (Å²) in [7, 11) is 0. The first-order chi connectivity index (χ1) is 9.71. The van der Waals surface area contributed by atoms with Gasteiger partial charge in [0.05, 0.1) is 6.54 Å². The first-order valence-corrected chi connectivity index (χ1v) is 7.50. The molecule has 21 heavy (non-hydrogen) atoms. The van der Waals surface area contributed by atoms with Gasteiger partial charge in [0.2, 0.25) is 0 Å². The Morgan fingerprint density at radius 1 is 1.14 bits per heavy atom. The summed E-state index contributed by atoms with van der Waals surface area (Å²) >= 11 is 1.57. The van der Waals surface area contributed by atoms with Gasteiger partial charge in [-0.3, -0.25) is 0 Å². The summed E-state index contributed by atoms with van der Waals surface area (Å²) in [5, 5.41) is 13.1. The molecule has 0 amide bonds. The maximum absolute atomic E-state index is 5.86. The van der Waals surface area contributed by atoms with Gasteiger partial charge in [-0.05, 0) is 30.5 Å². The lowest BCUT2D eigenvalue weighted by Crippen LogP contribution is -2.22. The van der Waals surface area contributed by atoms with E-state index in [4.69, 9.17) is 5.73 Å². The average molecular weight is 417 g/mol. The number of halogens is 1. The van der Waals surface area contributed by atoms with Crippen LogP contribution in [0.25, 0.3) is 0 Å². The minimum atomic E-state index is 0. The Morgan fingerprint density at radius 3 is 2.38 bits per heavy atom. The fraction of sp³-hybridized carbons (Fsp3) is 0.357. The third kappa shape index (κ3) is 5.58. The number of hydrogen-bond acceptors (Lipinski definition) is 4. The van der Waals surface area contributed by atoms with Gasteiger partial charge in [-0.25, -0.2) is 4.99 Å². The van der Waals surface area contributed by atoms with E-state index in [9.17, 15) is 0 Å². The molecule has 0 saturated heterocycles. The topological polar surface area (TPSA) is 76.2 Å². The molecular formula is C14H20IN5S. The number of nitrogens with two attached hydrogens (primary N) is 1. The zero-order valence-corrected chi connectivity index (χ0v) is 15.3. The molecule has 114 valence electrons. The Hall–Kier alpha value is -1.22. The van der Waals surface area contributed by atoms with Crippen LogP contribution in [-0.2, 0) is 19.4 Å². The van der Waals surface area contributed by atoms with Crippen LogP contribution in [0.4, 0.5) is 5.69 Å². The molecule has 1 aromatic carbocycles. The lowest BCUT2D eigenvalue weighted by Gasteiger charge is -2.05. The normalized spacial score (nSPS) is 11.0. The number of aryl methyl sites for hydroxylation is 2. The largest absolute Gasteiger partial charge is 0.370 e. The van der Waals surface area contributed by atoms with Gasteiger partial charge in [0, 0.05) is 5.69 Å². The lowest BCUT2D eigenvalue weighted by atomic mass is 10.1. The SMILES string of the molecule is CCc1ccc(NC(N)=NCc2nnc(CC)s2)cc1.I. The zero-order chi connectivity index (χ0) is 14.4. The first kappa shape index (κ1) is 17.8. The van der Waals surface area contributed by atoms with Crippen LogP contribution in [0.5, 0.6) is 0 Å². The van der Waals surface area contributed by atoms with Gasteiger partial charge in [0.15, 0.2) is 5.96 Å². The van der Waals surface area contributed by atoms with Crippen LogP contribution in [0, 0.1) is 0 Å². The van der Waals surface area contributed by atoms with Crippen LogP contribution in [0.3, 0.4) is 0 Å². The van der Waals surface area contributed by atoms with Gasteiger partial charge in [0.1, 0.15) is 10.0 Å². The molecule has 3 N–H and O–H groups in total. The molecule has 0 unspecified atom stereocenters. The second kappa shape index (κ2) is 8.93. The van der Waals surface area contributed by atoms with Crippen LogP contribution in [-0.4, -0.2) is 16.2 Å². The smallest absolute Gasteiger partial charge is 0.193 e. The molecule has 0 radical (unpaired) electrons. The summed E-state index contributed by atoms with van der Waals surface area (Å²) < 4.78 is 0. The molecule has 0 spiro atoms. The van der Waals surface area contributed by atoms with E-state index < -0.39 is 0 Å². The highest BCUT2D eigenvalue weighted by Crippen LogP contribution is 2.12. The predicted molar refractivity (Wildman–Crippen MR) is 99.5 cm³/mol. The van der Waals surface area contributed by atoms with Crippen molar-refractivity contribution in [2.75, 3.05) is 5.32 Å². The highest BCUT2D eigenvalue weighted by atomic mass is 127. The van der Waals surface area contributed by atoms with E-state index in [2.05, 4.69) is 46.5 Å². The molecule has 5 nitrogen and oxygen atoms in total. The van der Waals surface area contributed by atoms with Crippen LogP contribution < -0.4 is 11.1 Å². The third-order valence-electron chi connectivity index (χ3n) is 2.83. The summed E-state index contributed by atoms with van der Waals surface area (Å²) in [5.41, 5.74) is 8.10. The van der Waals surface area contributed by atoms with E-state index in [1.165, 1.54) is 5.56 Å². The van der Waals surface area contributed by atoms with Crippen molar-refractivity contribution in [3.05, 3.63) is 39.8 Å². The van der Waals surface area contributed by atoms with Gasteiger partial charge in [-0.15, -0.1) is 34.2 Å². The minimum Gasteiger partial charge on any atom is -0.370 e. The van der Waals surface area contributed by atoms with Crippen molar-refractivity contribution in [1.82, 2.24) is 10.2 Å². The Balaban J connectivity index is 0.00000220. The van der Waals surface area contributed by atoms with Crippen LogP contribution in [0.2, 0.25) is 0 Å². The number of nitrogens with one attached hydrogen (secondary N) is 1. The molecule has 2 aromatic rings. The Morgan fingerprint density at radius 2 is 1.81 bits per heavy atom. The number of rotatable bonds is 5. The van der Waals surface area contributed by atoms with Crippen LogP contribution >= 0.6 is 35.3 Å². The second-order valence-electron chi connectivity index (χ2n) is 4.32. The number of aliphatic imine (C=N–C) groups is 1. The second-order valence-corrected chi connectivity index (χ2v) is 5.47. The first-order valence-electron chi connectivity index (χ1n) is 6.68. The number of nitrogens with zero attached hydrogens (tertiary/aromatic N) is 3. The molecule has 0 fully saturated rings. The van der Waals surface area contributed by atoms with Crippen LogP contribution in [0.15, 0.2) is 29.3 Å². The minimum absolute atomic E-state index is 0. The number of anilines is 1. The fourth-order valence-electron chi connectivity index (χ4n) is 1.66. The van der Waals surface area contributed by atoms with E-state index in [-0.39, 0.29) is 24.0 Å². The van der Waals surface area contributed by atoms with Gasteiger partial charge in [-0.2, -0.15) is 0 Å². The van der Waals surface area contributed by atoms with Crippen molar-refractivity contribution >= 4 is 47.0 Å². The highest BCUT2D eigenvalue weighted by Gasteiger charge is 2.02. The highest BCUT2D eigenvalue weighted by molar-refractivity contribution is 14.0. The number of aromatic nitrogens is 2. The summed E-state index contributed by atoms with van der Waals surface area (Å²) in [6, 6.07) is 8.16. The van der Waals surface area contributed by atoms with Crippen molar-refractivity contribution in [2.45, 2.75) is 33.2 Å². The molecule has 0 aliphatic heterocycles. The average Bonchev–Trinajstić information content (AvgIpc) is 2.94. The van der Waals surface area contributed by atoms with Gasteiger partial charge < -0.3 is 11.1 Å². The molecule has 1 heterocycles. The van der Waals surface area contributed by atoms with E-state index >= 15 is 0 Å². The van der Waals surface area contributed by atoms with Crippen molar-refractivity contribution in [3.63, 3.8) is 0 Å². The lowest BCUT2D eigenvalue weighted by molar-refractivity contribution is 0.921. The van der Waals surface area contributed by atoms with E-state index in [0.29, 0.717) is 12.5 Å². The van der Waals surface area contributed by atoms with Gasteiger partial charge in [0.25, 0.3) is 0 Å². The molecule has 0 aliphatic rings. The molecule has 0 atom stereocenters. The number of guanidine groups is 1. The molecular weight excluding hydrogens is 397 g/mol. The van der Waals surface area contributed by atoms with Crippen molar-refractivity contribution in [3.8, 4) is 0 Å². The molecule has 0 aliphatic carbocycles. The third-order valence-corrected chi connectivity index (χ3v) is 3.88. The van der Waals surface area contributed by atoms with Crippen molar-refractivity contribution in [2.24, 2.45) is 10.7 Å². The number of benzene rings is 1. The molecule has 7 heteroatoms. The zero-order valence-electron chi connectivity index (χ0n) is 12.2. The standard InChI is InChI=1S/C14H19N5S.HI/c1-3-10-5-7-11(8-6-10)17-14(15)16-9-13-19-18-12(4-2)20-13;/h5-8H,3-4,9H2,1-2H3,(H3,15,16,17);1H. The molecule has 1 aromatic heterocycles. The molecule has 0 bridgehead atoms. The summed E-state index contributed by atoms with van der Waals surface area (Å²) in [5.74, 6) is 0.391. The van der Waals surface area contributed by atoms with E-state index in [1.54, 1.807) is 11.3 Å².